The quantitative estimate of drug-likeness (QED) is 0.0262. The molecule has 0 fully saturated rings. The minimum absolute atomic E-state index is 0.138. The molecule has 0 aliphatic heterocycles. The van der Waals surface area contributed by atoms with Crippen molar-refractivity contribution in [1.29, 1.82) is 0 Å². The van der Waals surface area contributed by atoms with Crippen LogP contribution in [0, 0.1) is 0 Å². The van der Waals surface area contributed by atoms with Crippen molar-refractivity contribution in [2.24, 2.45) is 0 Å². The van der Waals surface area contributed by atoms with Crippen LogP contribution >= 0.6 is 0 Å². The minimum Gasteiger partial charge on any atom is -0.462 e. The molecule has 404 valence electrons. The third-order valence-corrected chi connectivity index (χ3v) is 10.9. The maximum absolute atomic E-state index is 12.8. The maximum Gasteiger partial charge on any atom is 0.306 e. The molecule has 0 N–H and O–H groups in total. The summed E-state index contributed by atoms with van der Waals surface area (Å²) >= 11 is 0. The maximum atomic E-state index is 12.8. The molecule has 6 heteroatoms. The van der Waals surface area contributed by atoms with E-state index < -0.39 is 12.1 Å². The van der Waals surface area contributed by atoms with Crippen LogP contribution < -0.4 is 0 Å². The van der Waals surface area contributed by atoms with Crippen molar-refractivity contribution in [1.82, 2.24) is 0 Å². The van der Waals surface area contributed by atoms with Crippen molar-refractivity contribution < 1.29 is 28.6 Å². The van der Waals surface area contributed by atoms with Gasteiger partial charge in [0.2, 0.25) is 0 Å². The monoisotopic (exact) mass is 1000 g/mol. The van der Waals surface area contributed by atoms with Gasteiger partial charge in [-0.3, -0.25) is 14.4 Å². The molecular formula is C67H100O6. The highest BCUT2D eigenvalue weighted by Gasteiger charge is 2.19. The van der Waals surface area contributed by atoms with Gasteiger partial charge in [0.05, 0.1) is 0 Å². The van der Waals surface area contributed by atoms with E-state index in [0.29, 0.717) is 19.3 Å². The average Bonchev–Trinajstić information content (AvgIpc) is 3.39. The highest BCUT2D eigenvalue weighted by Crippen LogP contribution is 2.11. The van der Waals surface area contributed by atoms with E-state index in [9.17, 15) is 14.4 Å². The van der Waals surface area contributed by atoms with E-state index in [0.717, 1.165) is 148 Å². The second kappa shape index (κ2) is 59.1. The Morgan fingerprint density at radius 1 is 0.274 bits per heavy atom. The lowest BCUT2D eigenvalue weighted by Gasteiger charge is -2.18. The van der Waals surface area contributed by atoms with Crippen molar-refractivity contribution in [3.8, 4) is 0 Å². The van der Waals surface area contributed by atoms with Gasteiger partial charge in [-0.1, -0.05) is 222 Å². The van der Waals surface area contributed by atoms with Crippen molar-refractivity contribution in [2.75, 3.05) is 13.2 Å². The summed E-state index contributed by atoms with van der Waals surface area (Å²) in [6, 6.07) is 0. The van der Waals surface area contributed by atoms with Gasteiger partial charge in [-0.15, -0.1) is 0 Å². The number of allylic oxidation sites excluding steroid dienone is 30. The van der Waals surface area contributed by atoms with Crippen LogP contribution in [0.25, 0.3) is 0 Å². The number of esters is 3. The lowest BCUT2D eigenvalue weighted by molar-refractivity contribution is -0.167. The zero-order chi connectivity index (χ0) is 52.9. The van der Waals surface area contributed by atoms with E-state index in [1.165, 1.54) is 0 Å². The number of hydrogen-bond donors (Lipinski definition) is 0. The molecule has 1 atom stereocenters. The van der Waals surface area contributed by atoms with E-state index in [1.54, 1.807) is 0 Å². The van der Waals surface area contributed by atoms with Crippen molar-refractivity contribution in [3.05, 3.63) is 182 Å². The lowest BCUT2D eigenvalue weighted by Crippen LogP contribution is -2.30. The van der Waals surface area contributed by atoms with Gasteiger partial charge < -0.3 is 14.2 Å². The van der Waals surface area contributed by atoms with Gasteiger partial charge in [0.25, 0.3) is 0 Å². The normalized spacial score (nSPS) is 13.5. The smallest absolute Gasteiger partial charge is 0.306 e. The van der Waals surface area contributed by atoms with Crippen LogP contribution in [0.15, 0.2) is 182 Å². The number of hydrogen-bond acceptors (Lipinski definition) is 6. The molecular weight excluding hydrogens is 901 g/mol. The molecule has 0 rings (SSSR count). The Bertz CT molecular complexity index is 1770. The number of unbranched alkanes of at least 4 members (excludes halogenated alkanes) is 7. The summed E-state index contributed by atoms with van der Waals surface area (Å²) in [5, 5.41) is 0. The molecule has 0 amide bonds. The molecule has 0 spiro atoms. The summed E-state index contributed by atoms with van der Waals surface area (Å²) in [7, 11) is 0. The van der Waals surface area contributed by atoms with E-state index in [1.807, 2.05) is 0 Å². The molecule has 0 aromatic heterocycles. The van der Waals surface area contributed by atoms with Gasteiger partial charge in [0.15, 0.2) is 6.10 Å². The highest BCUT2D eigenvalue weighted by molar-refractivity contribution is 5.71. The highest BCUT2D eigenvalue weighted by atomic mass is 16.6. The van der Waals surface area contributed by atoms with Crippen molar-refractivity contribution in [2.45, 2.75) is 207 Å². The third kappa shape index (κ3) is 57.3. The zero-order valence-electron chi connectivity index (χ0n) is 46.1. The first-order valence-electron chi connectivity index (χ1n) is 28.3. The second-order valence-corrected chi connectivity index (χ2v) is 17.7. The molecule has 73 heavy (non-hydrogen) atoms. The molecule has 0 radical (unpaired) electrons. The Labute approximate surface area is 446 Å². The SMILES string of the molecule is CC/C=C\C/C=C\C/C=C\C/C=C\C/C=C\C/C=C\C/C=C\CCCC(=O)OCC(COC(=O)CCCCCCC/C=C\C/C=C\C/C=C\CC)OC(=O)CCC/C=C\C/C=C\C/C=C\C/C=C\C/C=C\CC. The number of carbonyl (C=O) groups excluding carboxylic acids is 3. The van der Waals surface area contributed by atoms with Crippen LogP contribution in [-0.2, 0) is 28.6 Å². The second-order valence-electron chi connectivity index (χ2n) is 17.7. The summed E-state index contributed by atoms with van der Waals surface area (Å²) in [6.45, 7) is 6.16. The van der Waals surface area contributed by atoms with Crippen LogP contribution in [0.1, 0.15) is 201 Å². The Morgan fingerprint density at radius 3 is 0.822 bits per heavy atom. The molecule has 0 aliphatic rings. The van der Waals surface area contributed by atoms with Gasteiger partial charge in [-0.25, -0.2) is 0 Å². The number of rotatable bonds is 48. The van der Waals surface area contributed by atoms with Crippen LogP contribution in [0.4, 0.5) is 0 Å². The predicted octanol–water partition coefficient (Wildman–Crippen LogP) is 19.3. The average molecular weight is 1000 g/mol. The standard InChI is InChI=1S/C67H100O6/c1-4-7-10-13-16-19-22-25-28-30-31-32-33-34-35-37-39-42-45-48-51-54-57-60-66(69)72-63-64(62-71-65(68)59-56-53-50-47-44-41-38-27-24-21-18-15-12-9-6-3)73-67(70)61-58-55-52-49-46-43-40-36-29-26-23-20-17-14-11-8-5-2/h7-12,16-21,25-29,31-32,34-35,38-40,42-43,48-49,51-52,64H,4-6,13-15,22-24,30,33,36-37,41,44-47,50,53-63H2,1-3H3/b10-7-,11-8-,12-9-,19-16-,20-17-,21-18-,28-25-,29-26-,32-31-,35-34-,38-27-,42-39-,43-40-,51-48-,52-49-. The summed E-state index contributed by atoms with van der Waals surface area (Å²) in [4.78, 5) is 38.1. The van der Waals surface area contributed by atoms with Crippen molar-refractivity contribution in [3.63, 3.8) is 0 Å². The first-order chi connectivity index (χ1) is 36.0. The fourth-order valence-corrected chi connectivity index (χ4v) is 6.77. The predicted molar refractivity (Wildman–Crippen MR) is 315 cm³/mol. The van der Waals surface area contributed by atoms with Crippen molar-refractivity contribution >= 4 is 17.9 Å². The van der Waals surface area contributed by atoms with E-state index in [2.05, 4.69) is 203 Å². The summed E-state index contributed by atoms with van der Waals surface area (Å²) < 4.78 is 16.7. The molecule has 0 saturated heterocycles. The van der Waals surface area contributed by atoms with Crippen LogP contribution in [0.2, 0.25) is 0 Å². The topological polar surface area (TPSA) is 78.9 Å². The van der Waals surface area contributed by atoms with E-state index in [4.69, 9.17) is 14.2 Å². The van der Waals surface area contributed by atoms with Gasteiger partial charge >= 0.3 is 17.9 Å². The van der Waals surface area contributed by atoms with Crippen LogP contribution in [0.3, 0.4) is 0 Å². The molecule has 6 nitrogen and oxygen atoms in total. The Morgan fingerprint density at radius 2 is 0.507 bits per heavy atom. The van der Waals surface area contributed by atoms with Crippen LogP contribution in [-0.4, -0.2) is 37.2 Å². The van der Waals surface area contributed by atoms with Gasteiger partial charge in [-0.2, -0.15) is 0 Å². The molecule has 0 aromatic rings. The first kappa shape index (κ1) is 67.5. The van der Waals surface area contributed by atoms with Gasteiger partial charge in [0, 0.05) is 19.3 Å². The molecule has 0 aromatic carbocycles. The third-order valence-electron chi connectivity index (χ3n) is 10.9. The molecule has 0 saturated carbocycles. The van der Waals surface area contributed by atoms with E-state index in [-0.39, 0.29) is 38.0 Å². The van der Waals surface area contributed by atoms with Gasteiger partial charge in [-0.05, 0) is 141 Å². The summed E-state index contributed by atoms with van der Waals surface area (Å²) in [5.74, 6) is -1.09. The summed E-state index contributed by atoms with van der Waals surface area (Å²) in [5.41, 5.74) is 0. The Hall–Kier alpha value is -5.49. The Balaban J connectivity index is 4.63. The number of carbonyl (C=O) groups is 3. The van der Waals surface area contributed by atoms with Crippen LogP contribution in [0.5, 0.6) is 0 Å². The first-order valence-corrected chi connectivity index (χ1v) is 28.3. The largest absolute Gasteiger partial charge is 0.462 e. The summed E-state index contributed by atoms with van der Waals surface area (Å²) in [6.07, 6.45) is 88.9. The fraction of sp³-hybridized carbons (Fsp3) is 0.507. The molecule has 1 unspecified atom stereocenters. The minimum atomic E-state index is -0.850. The van der Waals surface area contributed by atoms with E-state index >= 15 is 0 Å². The Kier molecular flexibility index (Phi) is 54.6. The fourth-order valence-electron chi connectivity index (χ4n) is 6.77. The molecule has 0 aliphatic carbocycles. The number of ether oxygens (including phenoxy) is 3. The zero-order valence-corrected chi connectivity index (χ0v) is 46.1. The van der Waals surface area contributed by atoms with Gasteiger partial charge in [0.1, 0.15) is 13.2 Å². The molecule has 0 heterocycles. The lowest BCUT2D eigenvalue weighted by atomic mass is 10.1. The molecule has 0 bridgehead atoms.